The van der Waals surface area contributed by atoms with Crippen LogP contribution in [0.1, 0.15) is 106 Å². The van der Waals surface area contributed by atoms with Gasteiger partial charge in [-0.15, -0.1) is 6.58 Å². The maximum Gasteiger partial charge on any atom is 0.124 e. The summed E-state index contributed by atoms with van der Waals surface area (Å²) in [6.07, 6.45) is 10.7. The van der Waals surface area contributed by atoms with E-state index in [2.05, 4.69) is 55.0 Å². The third-order valence-electron chi connectivity index (χ3n) is 11.5. The third-order valence-corrected chi connectivity index (χ3v) is 11.5. The second kappa shape index (κ2) is 9.03. The number of hydrogen-bond donors (Lipinski definition) is 2. The summed E-state index contributed by atoms with van der Waals surface area (Å²) >= 11 is 0. The Morgan fingerprint density at radius 1 is 1.03 bits per heavy atom. The summed E-state index contributed by atoms with van der Waals surface area (Å²) in [5.74, 6) is 2.26. The second-order valence-electron chi connectivity index (χ2n) is 13.9. The first kappa shape index (κ1) is 26.4. The second-order valence-corrected chi connectivity index (χ2v) is 13.9. The monoisotopic (exact) mass is 472 g/mol. The summed E-state index contributed by atoms with van der Waals surface area (Å²) in [5, 5.41) is 22.5. The highest BCUT2D eigenvalue weighted by atomic mass is 16.5. The van der Waals surface area contributed by atoms with E-state index >= 15 is 0 Å². The van der Waals surface area contributed by atoms with Crippen molar-refractivity contribution in [3.63, 3.8) is 0 Å². The summed E-state index contributed by atoms with van der Waals surface area (Å²) in [6, 6.07) is 0. The number of ether oxygens (including phenoxy) is 1. The fourth-order valence-corrected chi connectivity index (χ4v) is 9.36. The van der Waals surface area contributed by atoms with Gasteiger partial charge < -0.3 is 14.9 Å². The summed E-state index contributed by atoms with van der Waals surface area (Å²) < 4.78 is 6.90. The smallest absolute Gasteiger partial charge is 0.124 e. The molecule has 3 heteroatoms. The molecule has 4 aliphatic rings. The summed E-state index contributed by atoms with van der Waals surface area (Å²) in [6.45, 7) is 21.3. The molecule has 34 heavy (non-hydrogen) atoms. The van der Waals surface area contributed by atoms with Crippen LogP contribution in [-0.2, 0) is 4.74 Å². The number of aliphatic hydroxyl groups excluding tert-OH is 2. The SMILES string of the molecule is C=CC(O)C12OC[C@H](C(C)CCCC(C)C)[C@@]1(C)CCC1=C2CCC2C(C)(C)C(O)CC[C@]12C. The molecule has 0 aromatic heterocycles. The van der Waals surface area contributed by atoms with Crippen LogP contribution in [0.25, 0.3) is 0 Å². The van der Waals surface area contributed by atoms with Gasteiger partial charge in [0.15, 0.2) is 0 Å². The van der Waals surface area contributed by atoms with Crippen LogP contribution >= 0.6 is 0 Å². The quantitative estimate of drug-likeness (QED) is 0.389. The zero-order valence-electron chi connectivity index (χ0n) is 23.1. The van der Waals surface area contributed by atoms with Crippen molar-refractivity contribution in [3.8, 4) is 0 Å². The largest absolute Gasteiger partial charge is 0.393 e. The highest BCUT2D eigenvalue weighted by Crippen LogP contribution is 2.69. The normalized spacial score (nSPS) is 43.2. The molecule has 1 aliphatic heterocycles. The van der Waals surface area contributed by atoms with Crippen molar-refractivity contribution in [3.05, 3.63) is 23.8 Å². The van der Waals surface area contributed by atoms with Crippen LogP contribution in [0.4, 0.5) is 0 Å². The number of allylic oxidation sites excluding steroid dienone is 1. The molecule has 2 fully saturated rings. The fourth-order valence-electron chi connectivity index (χ4n) is 9.36. The Balaban J connectivity index is 1.74. The molecule has 0 aromatic rings. The van der Waals surface area contributed by atoms with Crippen molar-refractivity contribution in [2.75, 3.05) is 6.61 Å². The van der Waals surface area contributed by atoms with Gasteiger partial charge in [0.1, 0.15) is 11.7 Å². The van der Waals surface area contributed by atoms with E-state index in [1.807, 2.05) is 0 Å². The van der Waals surface area contributed by atoms with Gasteiger partial charge in [0.25, 0.3) is 0 Å². The minimum Gasteiger partial charge on any atom is -0.393 e. The maximum atomic E-state index is 11.6. The standard InChI is InChI=1S/C31H52O3/c1-9-26(32)31-23-13-14-25-28(5,6)27(33)16-17-29(25,7)22(23)15-18-30(31,8)24(19-34-31)21(4)12-10-11-20(2)3/h9,20-21,24-27,32-33H,1,10-19H2,2-8H3/t21?,24-,25?,26?,27?,29-,30-,31?/m1/s1. The maximum absolute atomic E-state index is 11.6. The fraction of sp³-hybridized carbons (Fsp3) is 0.871. The molecule has 1 heterocycles. The number of rotatable bonds is 7. The molecule has 0 aromatic carbocycles. The zero-order valence-corrected chi connectivity index (χ0v) is 23.1. The Morgan fingerprint density at radius 2 is 1.74 bits per heavy atom. The molecule has 1 saturated carbocycles. The van der Waals surface area contributed by atoms with E-state index in [0.29, 0.717) is 17.8 Å². The van der Waals surface area contributed by atoms with Crippen molar-refractivity contribution in [2.45, 2.75) is 124 Å². The van der Waals surface area contributed by atoms with E-state index in [0.717, 1.165) is 51.0 Å². The van der Waals surface area contributed by atoms with Gasteiger partial charge in [0.05, 0.1) is 12.7 Å². The zero-order chi connectivity index (χ0) is 25.1. The number of fused-ring (bicyclic) bond motifs is 4. The topological polar surface area (TPSA) is 49.7 Å². The Hall–Kier alpha value is -0.640. The van der Waals surface area contributed by atoms with Gasteiger partial charge >= 0.3 is 0 Å². The molecule has 0 amide bonds. The predicted octanol–water partition coefficient (Wildman–Crippen LogP) is 7.07. The van der Waals surface area contributed by atoms with Crippen molar-refractivity contribution in [1.29, 1.82) is 0 Å². The molecule has 0 spiro atoms. The average Bonchev–Trinajstić information content (AvgIpc) is 3.10. The lowest BCUT2D eigenvalue weighted by atomic mass is 9.44. The molecule has 0 bridgehead atoms. The molecule has 1 saturated heterocycles. The van der Waals surface area contributed by atoms with E-state index in [1.165, 1.54) is 24.8 Å². The Morgan fingerprint density at radius 3 is 2.38 bits per heavy atom. The van der Waals surface area contributed by atoms with Crippen LogP contribution in [0.2, 0.25) is 0 Å². The lowest BCUT2D eigenvalue weighted by molar-refractivity contribution is -0.129. The van der Waals surface area contributed by atoms with Crippen LogP contribution < -0.4 is 0 Å². The molecule has 5 unspecified atom stereocenters. The van der Waals surface area contributed by atoms with Gasteiger partial charge in [-0.3, -0.25) is 0 Å². The summed E-state index contributed by atoms with van der Waals surface area (Å²) in [4.78, 5) is 0. The highest BCUT2D eigenvalue weighted by Gasteiger charge is 2.68. The number of hydrogen-bond acceptors (Lipinski definition) is 3. The first-order valence-electron chi connectivity index (χ1n) is 14.2. The minimum absolute atomic E-state index is 0.0792. The summed E-state index contributed by atoms with van der Waals surface area (Å²) in [7, 11) is 0. The van der Waals surface area contributed by atoms with Crippen molar-refractivity contribution < 1.29 is 14.9 Å². The molecule has 4 rings (SSSR count). The van der Waals surface area contributed by atoms with E-state index < -0.39 is 11.7 Å². The molecule has 194 valence electrons. The van der Waals surface area contributed by atoms with E-state index in [4.69, 9.17) is 4.74 Å². The van der Waals surface area contributed by atoms with Crippen molar-refractivity contribution in [1.82, 2.24) is 0 Å². The first-order chi connectivity index (χ1) is 15.9. The van der Waals surface area contributed by atoms with Gasteiger partial charge in [-0.1, -0.05) is 79.4 Å². The molecule has 8 atom stereocenters. The van der Waals surface area contributed by atoms with Crippen LogP contribution in [0.3, 0.4) is 0 Å². The predicted molar refractivity (Wildman–Crippen MR) is 140 cm³/mol. The Bertz CT molecular complexity index is 811. The van der Waals surface area contributed by atoms with E-state index in [-0.39, 0.29) is 22.3 Å². The minimum atomic E-state index is -0.682. The van der Waals surface area contributed by atoms with Crippen LogP contribution in [0.5, 0.6) is 0 Å². The molecule has 2 N–H and O–H groups in total. The van der Waals surface area contributed by atoms with Crippen LogP contribution in [0.15, 0.2) is 23.8 Å². The van der Waals surface area contributed by atoms with Crippen LogP contribution in [-0.4, -0.2) is 34.6 Å². The molecular weight excluding hydrogens is 420 g/mol. The molecule has 0 radical (unpaired) electrons. The van der Waals surface area contributed by atoms with Gasteiger partial charge in [0.2, 0.25) is 0 Å². The number of aliphatic hydroxyl groups is 2. The lowest BCUT2D eigenvalue weighted by Crippen LogP contribution is -2.61. The summed E-state index contributed by atoms with van der Waals surface area (Å²) in [5.41, 5.74) is 2.22. The van der Waals surface area contributed by atoms with E-state index in [9.17, 15) is 10.2 Å². The van der Waals surface area contributed by atoms with Crippen molar-refractivity contribution >= 4 is 0 Å². The average molecular weight is 473 g/mol. The van der Waals surface area contributed by atoms with Crippen molar-refractivity contribution in [2.24, 2.45) is 39.9 Å². The van der Waals surface area contributed by atoms with Gasteiger partial charge in [0, 0.05) is 5.41 Å². The van der Waals surface area contributed by atoms with Gasteiger partial charge in [-0.25, -0.2) is 0 Å². The molecule has 3 nitrogen and oxygen atoms in total. The lowest BCUT2D eigenvalue weighted by Gasteiger charge is -2.62. The van der Waals surface area contributed by atoms with Gasteiger partial charge in [-0.2, -0.15) is 0 Å². The van der Waals surface area contributed by atoms with Gasteiger partial charge in [-0.05, 0) is 78.6 Å². The highest BCUT2D eigenvalue weighted by molar-refractivity contribution is 5.43. The van der Waals surface area contributed by atoms with Crippen LogP contribution in [0, 0.1) is 39.9 Å². The van der Waals surface area contributed by atoms with E-state index in [1.54, 1.807) is 11.6 Å². The molecule has 3 aliphatic carbocycles. The molecular formula is C31H52O3. The Labute approximate surface area is 209 Å². The Kier molecular flexibility index (Phi) is 7.02. The third kappa shape index (κ3) is 3.62. The first-order valence-corrected chi connectivity index (χ1v) is 14.2.